The molecule has 10 heteroatoms. The number of non-ortho nitro benzene ring substituents is 1. The van der Waals surface area contributed by atoms with Gasteiger partial charge < -0.3 is 10.6 Å². The molecule has 1 aliphatic heterocycles. The molecule has 1 aromatic carbocycles. The second-order valence-corrected chi connectivity index (χ2v) is 6.58. The van der Waals surface area contributed by atoms with Crippen LogP contribution < -0.4 is 15.4 Å². The van der Waals surface area contributed by atoms with Gasteiger partial charge >= 0.3 is 0 Å². The minimum absolute atomic E-state index is 0.133. The van der Waals surface area contributed by atoms with Crippen molar-refractivity contribution in [2.75, 3.05) is 19.6 Å². The number of benzene rings is 1. The van der Waals surface area contributed by atoms with E-state index in [0.717, 1.165) is 6.07 Å². The Hall–Kier alpha value is -2.20. The van der Waals surface area contributed by atoms with Gasteiger partial charge in [0.15, 0.2) is 5.96 Å². The Morgan fingerprint density at radius 2 is 2.23 bits per heavy atom. The molecule has 3 N–H and O–H groups in total. The molecule has 1 aliphatic rings. The molecule has 0 aliphatic carbocycles. The normalized spacial score (nSPS) is 17.7. The summed E-state index contributed by atoms with van der Waals surface area (Å²) >= 11 is 0. The van der Waals surface area contributed by atoms with E-state index < -0.39 is 14.9 Å². The molecule has 0 saturated carbocycles. The zero-order valence-corrected chi connectivity index (χ0v) is 12.8. The number of hydrogen-bond acceptors (Lipinski definition) is 7. The van der Waals surface area contributed by atoms with Crippen molar-refractivity contribution >= 4 is 21.7 Å². The predicted octanol–water partition coefficient (Wildman–Crippen LogP) is -0.190. The summed E-state index contributed by atoms with van der Waals surface area (Å²) in [6, 6.07) is 5.19. The number of nitro benzene ring substituents is 1. The lowest BCUT2D eigenvalue weighted by Crippen LogP contribution is -2.41. The first kappa shape index (κ1) is 16.2. The van der Waals surface area contributed by atoms with Crippen LogP contribution in [0.25, 0.3) is 0 Å². The SMILES string of the molecule is CC1CN=C(NCCNS(=O)(=O)c2cccc([N+](=O)[O-])c2)N1. The molecule has 120 valence electrons. The molecular weight excluding hydrogens is 310 g/mol. The van der Waals surface area contributed by atoms with Crippen molar-refractivity contribution in [3.8, 4) is 0 Å². The standard InChI is InChI=1S/C12H17N5O4S/c1-9-8-14-12(16-9)13-5-6-15-22(20,21)11-4-2-3-10(7-11)17(18)19/h2-4,7,9,15H,5-6,8H2,1H3,(H2,13,14,16). The van der Waals surface area contributed by atoms with E-state index in [1.54, 1.807) is 0 Å². The summed E-state index contributed by atoms with van der Waals surface area (Å²) in [5, 5.41) is 16.7. The molecule has 0 amide bonds. The highest BCUT2D eigenvalue weighted by Gasteiger charge is 2.17. The third-order valence-corrected chi connectivity index (χ3v) is 4.41. The van der Waals surface area contributed by atoms with E-state index in [9.17, 15) is 18.5 Å². The second kappa shape index (κ2) is 6.71. The van der Waals surface area contributed by atoms with Gasteiger partial charge in [-0.1, -0.05) is 6.07 Å². The van der Waals surface area contributed by atoms with Gasteiger partial charge in [-0.25, -0.2) is 13.1 Å². The molecule has 1 atom stereocenters. The van der Waals surface area contributed by atoms with Gasteiger partial charge in [0.2, 0.25) is 10.0 Å². The molecule has 0 saturated heterocycles. The Bertz CT molecular complexity index is 689. The van der Waals surface area contributed by atoms with Crippen LogP contribution in [-0.2, 0) is 10.0 Å². The molecule has 0 radical (unpaired) electrons. The van der Waals surface area contributed by atoms with Crippen LogP contribution in [-0.4, -0.2) is 45.0 Å². The first-order chi connectivity index (χ1) is 10.4. The number of nitrogens with one attached hydrogen (secondary N) is 3. The van der Waals surface area contributed by atoms with Crippen LogP contribution in [0.3, 0.4) is 0 Å². The maximum absolute atomic E-state index is 12.0. The van der Waals surface area contributed by atoms with Crippen molar-refractivity contribution in [3.05, 3.63) is 34.4 Å². The number of sulfonamides is 1. The van der Waals surface area contributed by atoms with Gasteiger partial charge in [0, 0.05) is 31.3 Å². The lowest BCUT2D eigenvalue weighted by molar-refractivity contribution is -0.385. The number of nitro groups is 1. The summed E-state index contributed by atoms with van der Waals surface area (Å²) in [6.07, 6.45) is 0. The topological polar surface area (TPSA) is 126 Å². The summed E-state index contributed by atoms with van der Waals surface area (Å²) in [6.45, 7) is 3.16. The fourth-order valence-electron chi connectivity index (χ4n) is 1.87. The summed E-state index contributed by atoms with van der Waals surface area (Å²) in [4.78, 5) is 14.1. The van der Waals surface area contributed by atoms with E-state index in [2.05, 4.69) is 20.3 Å². The van der Waals surface area contributed by atoms with Gasteiger partial charge in [-0.3, -0.25) is 15.1 Å². The lowest BCUT2D eigenvalue weighted by Gasteiger charge is -2.10. The van der Waals surface area contributed by atoms with Gasteiger partial charge in [-0.2, -0.15) is 0 Å². The second-order valence-electron chi connectivity index (χ2n) is 4.81. The maximum Gasteiger partial charge on any atom is 0.270 e. The predicted molar refractivity (Wildman–Crippen MR) is 81.2 cm³/mol. The summed E-state index contributed by atoms with van der Waals surface area (Å²) in [5.41, 5.74) is -0.264. The van der Waals surface area contributed by atoms with Crippen molar-refractivity contribution in [1.82, 2.24) is 15.4 Å². The van der Waals surface area contributed by atoms with Crippen molar-refractivity contribution in [2.45, 2.75) is 17.9 Å². The van der Waals surface area contributed by atoms with Crippen molar-refractivity contribution in [2.24, 2.45) is 4.99 Å². The number of nitrogens with zero attached hydrogens (tertiary/aromatic N) is 2. The van der Waals surface area contributed by atoms with E-state index in [4.69, 9.17) is 0 Å². The Labute approximate surface area is 128 Å². The fraction of sp³-hybridized carbons (Fsp3) is 0.417. The fourth-order valence-corrected chi connectivity index (χ4v) is 2.94. The first-order valence-electron chi connectivity index (χ1n) is 6.67. The third kappa shape index (κ3) is 4.15. The van der Waals surface area contributed by atoms with Crippen LogP contribution in [0.2, 0.25) is 0 Å². The van der Waals surface area contributed by atoms with Crippen molar-refractivity contribution < 1.29 is 13.3 Å². The van der Waals surface area contributed by atoms with E-state index in [-0.39, 0.29) is 23.2 Å². The number of rotatable bonds is 6. The van der Waals surface area contributed by atoms with Crippen LogP contribution in [0.15, 0.2) is 34.2 Å². The number of guanidine groups is 1. The van der Waals surface area contributed by atoms with E-state index >= 15 is 0 Å². The highest BCUT2D eigenvalue weighted by molar-refractivity contribution is 7.89. The molecule has 2 rings (SSSR count). The molecule has 0 bridgehead atoms. The van der Waals surface area contributed by atoms with Crippen LogP contribution in [0, 0.1) is 10.1 Å². The Morgan fingerprint density at radius 1 is 1.45 bits per heavy atom. The van der Waals surface area contributed by atoms with Gasteiger partial charge in [0.1, 0.15) is 0 Å². The van der Waals surface area contributed by atoms with Gasteiger partial charge in [-0.05, 0) is 13.0 Å². The van der Waals surface area contributed by atoms with Crippen LogP contribution >= 0.6 is 0 Å². The zero-order chi connectivity index (χ0) is 16.2. The van der Waals surface area contributed by atoms with E-state index in [1.165, 1.54) is 18.2 Å². The van der Waals surface area contributed by atoms with Crippen LogP contribution in [0.1, 0.15) is 6.92 Å². The Kier molecular flexibility index (Phi) is 4.93. The molecule has 1 heterocycles. The summed E-state index contributed by atoms with van der Waals surface area (Å²) < 4.78 is 26.5. The molecule has 0 spiro atoms. The molecular formula is C12H17N5O4S. The minimum Gasteiger partial charge on any atom is -0.355 e. The molecule has 22 heavy (non-hydrogen) atoms. The highest BCUT2D eigenvalue weighted by Crippen LogP contribution is 2.16. The average molecular weight is 327 g/mol. The third-order valence-electron chi connectivity index (χ3n) is 2.95. The summed E-state index contributed by atoms with van der Waals surface area (Å²) in [5.74, 6) is 0.641. The quantitative estimate of drug-likeness (QED) is 0.378. The lowest BCUT2D eigenvalue weighted by atomic mass is 10.3. The van der Waals surface area contributed by atoms with Gasteiger partial charge in [-0.15, -0.1) is 0 Å². The maximum atomic E-state index is 12.0. The molecule has 1 aromatic rings. The zero-order valence-electron chi connectivity index (χ0n) is 11.9. The smallest absolute Gasteiger partial charge is 0.270 e. The average Bonchev–Trinajstić information content (AvgIpc) is 2.89. The minimum atomic E-state index is -3.78. The Morgan fingerprint density at radius 3 is 2.86 bits per heavy atom. The van der Waals surface area contributed by atoms with Gasteiger partial charge in [0.25, 0.3) is 5.69 Å². The van der Waals surface area contributed by atoms with E-state index in [1.807, 2.05) is 6.92 Å². The van der Waals surface area contributed by atoms with Crippen molar-refractivity contribution in [3.63, 3.8) is 0 Å². The van der Waals surface area contributed by atoms with Crippen LogP contribution in [0.5, 0.6) is 0 Å². The molecule has 1 unspecified atom stereocenters. The molecule has 9 nitrogen and oxygen atoms in total. The largest absolute Gasteiger partial charge is 0.355 e. The van der Waals surface area contributed by atoms with Crippen LogP contribution in [0.4, 0.5) is 5.69 Å². The molecule has 0 aromatic heterocycles. The number of aliphatic imine (C=N–C) groups is 1. The van der Waals surface area contributed by atoms with E-state index in [0.29, 0.717) is 19.0 Å². The monoisotopic (exact) mass is 327 g/mol. The van der Waals surface area contributed by atoms with Crippen molar-refractivity contribution in [1.29, 1.82) is 0 Å². The first-order valence-corrected chi connectivity index (χ1v) is 8.16. The van der Waals surface area contributed by atoms with Gasteiger partial charge in [0.05, 0.1) is 16.4 Å². The Balaban J connectivity index is 1.88. The summed E-state index contributed by atoms with van der Waals surface area (Å²) in [7, 11) is -3.78. The number of hydrogen-bond donors (Lipinski definition) is 3. The molecule has 0 fully saturated rings. The highest BCUT2D eigenvalue weighted by atomic mass is 32.2.